The van der Waals surface area contributed by atoms with E-state index in [1.165, 1.54) is 33.0 Å². The van der Waals surface area contributed by atoms with E-state index in [-0.39, 0.29) is 0 Å². The smallest absolute Gasteiger partial charge is 0.143 e. The Balaban J connectivity index is 1.15. The SMILES string of the molecule is c1ccc(-c2ccccc2N(c2ccc(-c3ccc4cccc(-c5ccccc5)c4c3)cc2)c2cccc3oc4c(-c5ccccc5)cccc4c23)cc1. The Morgan fingerprint density at radius 3 is 1.63 bits per heavy atom. The molecule has 0 aliphatic rings. The van der Waals surface area contributed by atoms with Crippen molar-refractivity contribution in [2.75, 3.05) is 4.90 Å². The molecule has 0 amide bonds. The van der Waals surface area contributed by atoms with Gasteiger partial charge in [0.15, 0.2) is 0 Å². The largest absolute Gasteiger partial charge is 0.455 e. The number of anilines is 3. The Hall–Kier alpha value is -7.16. The third kappa shape index (κ3) is 5.53. The number of furan rings is 1. The molecule has 2 heteroatoms. The van der Waals surface area contributed by atoms with Gasteiger partial charge in [0.2, 0.25) is 0 Å². The molecule has 2 nitrogen and oxygen atoms in total. The second kappa shape index (κ2) is 13.4. The van der Waals surface area contributed by atoms with Gasteiger partial charge >= 0.3 is 0 Å². The lowest BCUT2D eigenvalue weighted by molar-refractivity contribution is 0.670. The molecular weight excluding hydrogens is 655 g/mol. The first-order valence-electron chi connectivity index (χ1n) is 18.4. The Morgan fingerprint density at radius 2 is 0.889 bits per heavy atom. The monoisotopic (exact) mass is 689 g/mol. The summed E-state index contributed by atoms with van der Waals surface area (Å²) in [7, 11) is 0. The second-order valence-corrected chi connectivity index (χ2v) is 13.7. The summed E-state index contributed by atoms with van der Waals surface area (Å²) in [6.07, 6.45) is 0. The lowest BCUT2D eigenvalue weighted by Crippen LogP contribution is -2.11. The highest BCUT2D eigenvalue weighted by Gasteiger charge is 2.23. The van der Waals surface area contributed by atoms with Crippen molar-refractivity contribution >= 4 is 49.8 Å². The zero-order chi connectivity index (χ0) is 35.8. The van der Waals surface area contributed by atoms with Gasteiger partial charge in [0.05, 0.1) is 16.8 Å². The van der Waals surface area contributed by atoms with Crippen LogP contribution < -0.4 is 4.90 Å². The number of para-hydroxylation sites is 2. The van der Waals surface area contributed by atoms with Crippen molar-refractivity contribution in [1.82, 2.24) is 0 Å². The summed E-state index contributed by atoms with van der Waals surface area (Å²) < 4.78 is 6.74. The van der Waals surface area contributed by atoms with Gasteiger partial charge in [0, 0.05) is 22.2 Å². The minimum atomic E-state index is 0.857. The highest BCUT2D eigenvalue weighted by Crippen LogP contribution is 2.47. The van der Waals surface area contributed by atoms with Crippen LogP contribution in [0.4, 0.5) is 17.1 Å². The fourth-order valence-corrected chi connectivity index (χ4v) is 7.92. The van der Waals surface area contributed by atoms with Crippen molar-refractivity contribution < 1.29 is 4.42 Å². The fraction of sp³-hybridized carbons (Fsp3) is 0. The van der Waals surface area contributed by atoms with Crippen LogP contribution >= 0.6 is 0 Å². The van der Waals surface area contributed by atoms with Crippen LogP contribution in [0, 0.1) is 0 Å². The van der Waals surface area contributed by atoms with E-state index in [9.17, 15) is 0 Å². The highest BCUT2D eigenvalue weighted by molar-refractivity contribution is 6.16. The zero-order valence-corrected chi connectivity index (χ0v) is 29.6. The van der Waals surface area contributed by atoms with Gasteiger partial charge < -0.3 is 9.32 Å². The molecule has 1 heterocycles. The molecule has 0 radical (unpaired) electrons. The van der Waals surface area contributed by atoms with Crippen LogP contribution in [-0.4, -0.2) is 0 Å². The molecule has 0 fully saturated rings. The van der Waals surface area contributed by atoms with Crippen LogP contribution in [0.3, 0.4) is 0 Å². The predicted molar refractivity (Wildman–Crippen MR) is 228 cm³/mol. The van der Waals surface area contributed by atoms with E-state index in [0.717, 1.165) is 61.3 Å². The first-order chi connectivity index (χ1) is 26.8. The number of hydrogen-bond acceptors (Lipinski definition) is 2. The molecule has 9 aromatic carbocycles. The number of rotatable bonds is 7. The standard InChI is InChI=1S/C52H35NO/c1-4-15-37(16-5-1)43-23-12-21-40-29-30-41(35-47(40)43)36-31-33-42(34-32-36)53(48-26-11-10-22-44(48)38-17-6-2-7-18-38)49-27-14-28-50-51(49)46-25-13-24-45(52(46)54-50)39-19-8-3-9-20-39/h1-35H. The Morgan fingerprint density at radius 1 is 0.333 bits per heavy atom. The van der Waals surface area contributed by atoms with Crippen molar-refractivity contribution in [3.63, 3.8) is 0 Å². The van der Waals surface area contributed by atoms with E-state index >= 15 is 0 Å². The number of nitrogens with zero attached hydrogens (tertiary/aromatic N) is 1. The Bertz CT molecular complexity index is 2910. The molecule has 0 saturated heterocycles. The molecule has 0 aliphatic carbocycles. The molecule has 54 heavy (non-hydrogen) atoms. The first kappa shape index (κ1) is 31.6. The number of fused-ring (bicyclic) bond motifs is 4. The van der Waals surface area contributed by atoms with Crippen LogP contribution in [0.1, 0.15) is 0 Å². The van der Waals surface area contributed by atoms with Crippen LogP contribution in [0.5, 0.6) is 0 Å². The van der Waals surface area contributed by atoms with Gasteiger partial charge in [-0.15, -0.1) is 0 Å². The van der Waals surface area contributed by atoms with E-state index in [1.54, 1.807) is 0 Å². The van der Waals surface area contributed by atoms with E-state index < -0.39 is 0 Å². The molecule has 0 bridgehead atoms. The predicted octanol–water partition coefficient (Wildman–Crippen LogP) is 14.9. The van der Waals surface area contributed by atoms with Gasteiger partial charge in [-0.3, -0.25) is 0 Å². The van der Waals surface area contributed by atoms with E-state index in [4.69, 9.17) is 4.42 Å². The molecule has 0 N–H and O–H groups in total. The van der Waals surface area contributed by atoms with Gasteiger partial charge in [0.25, 0.3) is 0 Å². The zero-order valence-electron chi connectivity index (χ0n) is 29.6. The molecule has 0 aliphatic heterocycles. The van der Waals surface area contributed by atoms with Crippen molar-refractivity contribution in [1.29, 1.82) is 0 Å². The Labute approximate surface area is 314 Å². The van der Waals surface area contributed by atoms with Crippen LogP contribution in [0.2, 0.25) is 0 Å². The van der Waals surface area contributed by atoms with E-state index in [2.05, 4.69) is 217 Å². The number of benzene rings is 9. The van der Waals surface area contributed by atoms with Gasteiger partial charge in [-0.2, -0.15) is 0 Å². The van der Waals surface area contributed by atoms with E-state index in [0.29, 0.717) is 0 Å². The summed E-state index contributed by atoms with van der Waals surface area (Å²) in [5.41, 5.74) is 14.3. The third-order valence-electron chi connectivity index (χ3n) is 10.5. The summed E-state index contributed by atoms with van der Waals surface area (Å²) >= 11 is 0. The lowest BCUT2D eigenvalue weighted by Gasteiger charge is -2.28. The average Bonchev–Trinajstić information content (AvgIpc) is 3.65. The fourth-order valence-electron chi connectivity index (χ4n) is 7.92. The van der Waals surface area contributed by atoms with E-state index in [1.807, 2.05) is 0 Å². The maximum Gasteiger partial charge on any atom is 0.143 e. The minimum Gasteiger partial charge on any atom is -0.455 e. The first-order valence-corrected chi connectivity index (χ1v) is 18.4. The van der Waals surface area contributed by atoms with Crippen LogP contribution in [0.15, 0.2) is 217 Å². The number of hydrogen-bond donors (Lipinski definition) is 0. The van der Waals surface area contributed by atoms with Crippen molar-refractivity contribution in [2.24, 2.45) is 0 Å². The second-order valence-electron chi connectivity index (χ2n) is 13.7. The molecule has 0 unspecified atom stereocenters. The minimum absolute atomic E-state index is 0.857. The Kier molecular flexibility index (Phi) is 7.85. The average molecular weight is 690 g/mol. The van der Waals surface area contributed by atoms with Gasteiger partial charge in [-0.05, 0) is 80.6 Å². The molecule has 10 aromatic rings. The molecule has 10 rings (SSSR count). The summed E-state index contributed by atoms with van der Waals surface area (Å²) in [6, 6.07) is 75.7. The van der Waals surface area contributed by atoms with Crippen LogP contribution in [-0.2, 0) is 0 Å². The summed E-state index contributed by atoms with van der Waals surface area (Å²) in [6.45, 7) is 0. The summed E-state index contributed by atoms with van der Waals surface area (Å²) in [4.78, 5) is 2.40. The van der Waals surface area contributed by atoms with Crippen molar-refractivity contribution in [2.45, 2.75) is 0 Å². The molecule has 0 saturated carbocycles. The summed E-state index contributed by atoms with van der Waals surface area (Å²) in [5, 5.41) is 4.65. The molecule has 0 atom stereocenters. The molecular formula is C52H35NO. The maximum atomic E-state index is 6.74. The quantitative estimate of drug-likeness (QED) is 0.166. The van der Waals surface area contributed by atoms with Gasteiger partial charge in [0.1, 0.15) is 11.2 Å². The van der Waals surface area contributed by atoms with Crippen molar-refractivity contribution in [3.05, 3.63) is 212 Å². The lowest BCUT2D eigenvalue weighted by atomic mass is 9.94. The molecule has 254 valence electrons. The highest BCUT2D eigenvalue weighted by atomic mass is 16.3. The van der Waals surface area contributed by atoms with Gasteiger partial charge in [-0.25, -0.2) is 0 Å². The molecule has 0 spiro atoms. The van der Waals surface area contributed by atoms with Crippen LogP contribution in [0.25, 0.3) is 77.2 Å². The van der Waals surface area contributed by atoms with Crippen molar-refractivity contribution in [3.8, 4) is 44.5 Å². The third-order valence-corrected chi connectivity index (χ3v) is 10.5. The maximum absolute atomic E-state index is 6.74. The summed E-state index contributed by atoms with van der Waals surface area (Å²) in [5.74, 6) is 0. The normalized spacial score (nSPS) is 11.3. The topological polar surface area (TPSA) is 16.4 Å². The van der Waals surface area contributed by atoms with Gasteiger partial charge in [-0.1, -0.05) is 176 Å². The molecule has 1 aromatic heterocycles.